The van der Waals surface area contributed by atoms with Crippen LogP contribution in [0.5, 0.6) is 0 Å². The molecule has 0 N–H and O–H groups in total. The molecule has 0 aliphatic carbocycles. The number of hydrogen-bond donors (Lipinski definition) is 0. The molecule has 2 aromatic heterocycles. The van der Waals surface area contributed by atoms with Crippen LogP contribution in [0, 0.1) is 0 Å². The Balaban J connectivity index is 1.89. The Labute approximate surface area is 151 Å². The van der Waals surface area contributed by atoms with E-state index < -0.39 is 5.97 Å². The molecule has 0 saturated carbocycles. The second-order valence-corrected chi connectivity index (χ2v) is 6.26. The molecule has 2 aromatic carbocycles. The van der Waals surface area contributed by atoms with E-state index in [0.717, 1.165) is 15.4 Å². The van der Waals surface area contributed by atoms with E-state index in [1.165, 1.54) is 7.11 Å². The number of methoxy groups -OCH3 is 1. The third-order valence-electron chi connectivity index (χ3n) is 3.73. The molecular formula is C19H12BrNO4. The van der Waals surface area contributed by atoms with Crippen LogP contribution in [0.2, 0.25) is 0 Å². The molecule has 4 aromatic rings. The summed E-state index contributed by atoms with van der Waals surface area (Å²) >= 11 is 3.43. The Bertz CT molecular complexity index is 1070. The highest BCUT2D eigenvalue weighted by Crippen LogP contribution is 2.34. The molecule has 0 bridgehead atoms. The highest BCUT2D eigenvalue weighted by atomic mass is 79.9. The van der Waals surface area contributed by atoms with Gasteiger partial charge in [-0.1, -0.05) is 34.1 Å². The van der Waals surface area contributed by atoms with Crippen molar-refractivity contribution < 1.29 is 18.4 Å². The van der Waals surface area contributed by atoms with Crippen LogP contribution in [-0.4, -0.2) is 18.1 Å². The van der Waals surface area contributed by atoms with Crippen LogP contribution in [0.3, 0.4) is 0 Å². The molecule has 0 fully saturated rings. The fraction of sp³-hybridized carbons (Fsp3) is 0.0526. The van der Waals surface area contributed by atoms with Crippen LogP contribution in [0.25, 0.3) is 33.9 Å². The number of fused-ring (bicyclic) bond motifs is 1. The normalized spacial score (nSPS) is 11.0. The van der Waals surface area contributed by atoms with Crippen molar-refractivity contribution in [3.63, 3.8) is 0 Å². The summed E-state index contributed by atoms with van der Waals surface area (Å²) in [5, 5.41) is 0.887. The molecular weight excluding hydrogens is 386 g/mol. The lowest BCUT2D eigenvalue weighted by Gasteiger charge is -1.95. The lowest BCUT2D eigenvalue weighted by atomic mass is 10.2. The molecule has 25 heavy (non-hydrogen) atoms. The van der Waals surface area contributed by atoms with E-state index in [0.29, 0.717) is 17.2 Å². The maximum absolute atomic E-state index is 12.1. The van der Waals surface area contributed by atoms with E-state index in [1.54, 1.807) is 0 Å². The maximum atomic E-state index is 12.1. The number of benzene rings is 2. The first-order chi connectivity index (χ1) is 12.2. The summed E-state index contributed by atoms with van der Waals surface area (Å²) in [6.07, 6.45) is 0. The molecule has 2 heterocycles. The number of nitrogens with zero attached hydrogens (tertiary/aromatic N) is 1. The predicted molar refractivity (Wildman–Crippen MR) is 96.2 cm³/mol. The minimum absolute atomic E-state index is 0.0828. The van der Waals surface area contributed by atoms with E-state index in [1.807, 2.05) is 54.6 Å². The molecule has 4 rings (SSSR count). The van der Waals surface area contributed by atoms with Crippen LogP contribution >= 0.6 is 15.9 Å². The molecule has 0 atom stereocenters. The number of esters is 1. The van der Waals surface area contributed by atoms with Gasteiger partial charge >= 0.3 is 5.97 Å². The van der Waals surface area contributed by atoms with Crippen molar-refractivity contribution in [3.8, 4) is 23.0 Å². The Morgan fingerprint density at radius 3 is 2.64 bits per heavy atom. The predicted octanol–water partition coefficient (Wildman–Crippen LogP) is 5.30. The van der Waals surface area contributed by atoms with Crippen LogP contribution in [0.1, 0.15) is 10.5 Å². The molecule has 0 unspecified atom stereocenters. The first kappa shape index (κ1) is 15.7. The van der Waals surface area contributed by atoms with Gasteiger partial charge in [0.2, 0.25) is 11.7 Å². The van der Waals surface area contributed by atoms with Gasteiger partial charge in [0, 0.05) is 15.4 Å². The standard InChI is InChI=1S/C19H12BrNO4/c1-23-19(22)16-17(25-18(21-16)11-5-3-2-4-6-11)15-10-12-9-13(20)7-8-14(12)24-15/h2-10H,1H3. The number of ether oxygens (including phenoxy) is 1. The van der Waals surface area contributed by atoms with Gasteiger partial charge in [-0.05, 0) is 36.4 Å². The lowest BCUT2D eigenvalue weighted by molar-refractivity contribution is 0.0595. The van der Waals surface area contributed by atoms with Gasteiger partial charge in [-0.2, -0.15) is 0 Å². The SMILES string of the molecule is COC(=O)c1nc(-c2ccccc2)oc1-c1cc2cc(Br)ccc2o1. The zero-order valence-electron chi connectivity index (χ0n) is 13.2. The quantitative estimate of drug-likeness (QED) is 0.438. The van der Waals surface area contributed by atoms with Gasteiger partial charge in [0.15, 0.2) is 11.5 Å². The van der Waals surface area contributed by atoms with Crippen molar-refractivity contribution in [2.75, 3.05) is 7.11 Å². The first-order valence-electron chi connectivity index (χ1n) is 7.50. The summed E-state index contributed by atoms with van der Waals surface area (Å²) in [6, 6.07) is 16.8. The summed E-state index contributed by atoms with van der Waals surface area (Å²) < 4.78 is 17.4. The Morgan fingerprint density at radius 1 is 1.08 bits per heavy atom. The fourth-order valence-electron chi connectivity index (χ4n) is 2.55. The van der Waals surface area contributed by atoms with E-state index in [9.17, 15) is 4.79 Å². The second-order valence-electron chi connectivity index (χ2n) is 5.35. The topological polar surface area (TPSA) is 65.5 Å². The number of hydrogen-bond acceptors (Lipinski definition) is 5. The van der Waals surface area contributed by atoms with Crippen molar-refractivity contribution >= 4 is 32.9 Å². The number of rotatable bonds is 3. The van der Waals surface area contributed by atoms with E-state index in [2.05, 4.69) is 20.9 Å². The van der Waals surface area contributed by atoms with E-state index in [4.69, 9.17) is 13.6 Å². The number of carbonyl (C=O) groups is 1. The highest BCUT2D eigenvalue weighted by molar-refractivity contribution is 9.10. The summed E-state index contributed by atoms with van der Waals surface area (Å²) in [7, 11) is 1.30. The molecule has 0 amide bonds. The smallest absolute Gasteiger partial charge is 0.360 e. The Hall–Kier alpha value is -2.86. The molecule has 0 aliphatic heterocycles. The summed E-state index contributed by atoms with van der Waals surface area (Å²) in [5.41, 5.74) is 1.53. The number of aromatic nitrogens is 1. The van der Waals surface area contributed by atoms with Crippen LogP contribution < -0.4 is 0 Å². The van der Waals surface area contributed by atoms with Gasteiger partial charge in [-0.3, -0.25) is 0 Å². The number of oxazole rings is 1. The second kappa shape index (κ2) is 6.22. The van der Waals surface area contributed by atoms with Crippen molar-refractivity contribution in [1.29, 1.82) is 0 Å². The van der Waals surface area contributed by atoms with Crippen molar-refractivity contribution in [2.45, 2.75) is 0 Å². The monoisotopic (exact) mass is 397 g/mol. The van der Waals surface area contributed by atoms with Gasteiger partial charge in [0.1, 0.15) is 5.58 Å². The van der Waals surface area contributed by atoms with Crippen LogP contribution in [0.4, 0.5) is 0 Å². The number of halogens is 1. The third kappa shape index (κ3) is 2.85. The van der Waals surface area contributed by atoms with Crippen molar-refractivity contribution in [2.24, 2.45) is 0 Å². The zero-order valence-corrected chi connectivity index (χ0v) is 14.7. The average molecular weight is 398 g/mol. The molecule has 0 radical (unpaired) electrons. The van der Waals surface area contributed by atoms with Crippen LogP contribution in [0.15, 0.2) is 67.9 Å². The minimum Gasteiger partial charge on any atom is -0.464 e. The fourth-order valence-corrected chi connectivity index (χ4v) is 2.93. The van der Waals surface area contributed by atoms with Crippen molar-refractivity contribution in [1.82, 2.24) is 4.98 Å². The van der Waals surface area contributed by atoms with Gasteiger partial charge in [0.25, 0.3) is 0 Å². The summed E-state index contributed by atoms with van der Waals surface area (Å²) in [4.78, 5) is 16.4. The summed E-state index contributed by atoms with van der Waals surface area (Å²) in [6.45, 7) is 0. The first-order valence-corrected chi connectivity index (χ1v) is 8.29. The zero-order chi connectivity index (χ0) is 17.4. The summed E-state index contributed by atoms with van der Waals surface area (Å²) in [5.74, 6) is 0.418. The average Bonchev–Trinajstić information content (AvgIpc) is 3.25. The van der Waals surface area contributed by atoms with Crippen molar-refractivity contribution in [3.05, 3.63) is 64.8 Å². The van der Waals surface area contributed by atoms with E-state index in [-0.39, 0.29) is 11.5 Å². The lowest BCUT2D eigenvalue weighted by Crippen LogP contribution is -2.03. The van der Waals surface area contributed by atoms with Gasteiger partial charge in [-0.25, -0.2) is 9.78 Å². The number of furan rings is 1. The number of carbonyl (C=O) groups excluding carboxylic acids is 1. The third-order valence-corrected chi connectivity index (χ3v) is 4.22. The van der Waals surface area contributed by atoms with Crippen LogP contribution in [-0.2, 0) is 4.74 Å². The minimum atomic E-state index is -0.581. The highest BCUT2D eigenvalue weighted by Gasteiger charge is 2.25. The molecule has 124 valence electrons. The van der Waals surface area contributed by atoms with Gasteiger partial charge in [-0.15, -0.1) is 0 Å². The molecule has 6 heteroatoms. The molecule has 0 aliphatic rings. The Morgan fingerprint density at radius 2 is 1.88 bits per heavy atom. The molecule has 0 spiro atoms. The molecule has 5 nitrogen and oxygen atoms in total. The van der Waals surface area contributed by atoms with Gasteiger partial charge < -0.3 is 13.6 Å². The Kier molecular flexibility index (Phi) is 3.89. The maximum Gasteiger partial charge on any atom is 0.360 e. The molecule has 0 saturated heterocycles. The van der Waals surface area contributed by atoms with E-state index >= 15 is 0 Å². The van der Waals surface area contributed by atoms with Gasteiger partial charge in [0.05, 0.1) is 7.11 Å². The largest absolute Gasteiger partial charge is 0.464 e.